The molecule has 1 aliphatic rings. The van der Waals surface area contributed by atoms with E-state index < -0.39 is 5.79 Å². The summed E-state index contributed by atoms with van der Waals surface area (Å²) in [5.74, 6) is 1.22. The Kier molecular flexibility index (Phi) is 5.98. The number of rotatable bonds is 6. The van der Waals surface area contributed by atoms with Gasteiger partial charge in [0.15, 0.2) is 5.79 Å². The van der Waals surface area contributed by atoms with Gasteiger partial charge in [-0.3, -0.25) is 0 Å². The zero-order chi connectivity index (χ0) is 21.3. The summed E-state index contributed by atoms with van der Waals surface area (Å²) in [6, 6.07) is 30.3. The third kappa shape index (κ3) is 4.93. The highest BCUT2D eigenvalue weighted by Crippen LogP contribution is 2.35. The van der Waals surface area contributed by atoms with E-state index in [1.165, 1.54) is 31.3 Å². The van der Waals surface area contributed by atoms with E-state index in [1.54, 1.807) is 0 Å². The Morgan fingerprint density at radius 1 is 0.613 bits per heavy atom. The summed E-state index contributed by atoms with van der Waals surface area (Å²) >= 11 is 3.69. The minimum absolute atomic E-state index is 0.0689. The molecule has 31 heavy (non-hydrogen) atoms. The van der Waals surface area contributed by atoms with Crippen LogP contribution in [0, 0.1) is 0 Å². The number of ether oxygens (including phenoxy) is 2. The molecule has 158 valence electrons. The summed E-state index contributed by atoms with van der Waals surface area (Å²) in [5.41, 5.74) is 0. The molecule has 2 nitrogen and oxygen atoms in total. The quantitative estimate of drug-likeness (QED) is 0.287. The van der Waals surface area contributed by atoms with Gasteiger partial charge in [0.1, 0.15) is 0 Å². The summed E-state index contributed by atoms with van der Waals surface area (Å²) in [7, 11) is 0. The predicted octanol–water partition coefficient (Wildman–Crippen LogP) is 7.40. The van der Waals surface area contributed by atoms with Crippen LogP contribution < -0.4 is 0 Å². The van der Waals surface area contributed by atoms with Gasteiger partial charge in [-0.2, -0.15) is 0 Å². The summed E-state index contributed by atoms with van der Waals surface area (Å²) in [6.07, 6.45) is 0.138. The second kappa shape index (κ2) is 8.87. The van der Waals surface area contributed by atoms with Crippen LogP contribution in [0.5, 0.6) is 0 Å². The summed E-state index contributed by atoms with van der Waals surface area (Å²) in [5, 5.41) is 5.11. The molecule has 0 saturated carbocycles. The van der Waals surface area contributed by atoms with Crippen LogP contribution in [0.3, 0.4) is 0 Å². The van der Waals surface area contributed by atoms with Gasteiger partial charge in [-0.25, -0.2) is 0 Å². The van der Waals surface area contributed by atoms with Crippen molar-refractivity contribution in [2.75, 3.05) is 11.5 Å². The van der Waals surface area contributed by atoms with Crippen molar-refractivity contribution in [1.29, 1.82) is 0 Å². The first-order valence-corrected chi connectivity index (χ1v) is 12.6. The average Bonchev–Trinajstić information content (AvgIpc) is 3.09. The second-order valence-electron chi connectivity index (χ2n) is 8.35. The Morgan fingerprint density at radius 3 is 1.48 bits per heavy atom. The van der Waals surface area contributed by atoms with E-state index in [2.05, 4.69) is 84.9 Å². The Labute approximate surface area is 192 Å². The maximum Gasteiger partial charge on any atom is 0.163 e. The van der Waals surface area contributed by atoms with Gasteiger partial charge in [0.2, 0.25) is 0 Å². The number of fused-ring (bicyclic) bond motifs is 2. The van der Waals surface area contributed by atoms with Gasteiger partial charge in [-0.1, -0.05) is 60.7 Å². The van der Waals surface area contributed by atoms with Crippen LogP contribution in [0.15, 0.2) is 94.7 Å². The maximum atomic E-state index is 6.27. The zero-order valence-corrected chi connectivity index (χ0v) is 19.4. The molecule has 0 amide bonds. The highest BCUT2D eigenvalue weighted by Gasteiger charge is 2.41. The summed E-state index contributed by atoms with van der Waals surface area (Å²) in [6.45, 7) is 4.03. The number of hydrogen-bond acceptors (Lipinski definition) is 4. The van der Waals surface area contributed by atoms with Crippen molar-refractivity contribution in [2.24, 2.45) is 0 Å². The van der Waals surface area contributed by atoms with Crippen LogP contribution >= 0.6 is 23.5 Å². The van der Waals surface area contributed by atoms with Crippen molar-refractivity contribution >= 4 is 45.1 Å². The predicted molar refractivity (Wildman–Crippen MR) is 133 cm³/mol. The van der Waals surface area contributed by atoms with E-state index >= 15 is 0 Å². The summed E-state index contributed by atoms with van der Waals surface area (Å²) < 4.78 is 12.5. The van der Waals surface area contributed by atoms with Crippen molar-refractivity contribution in [3.63, 3.8) is 0 Å². The van der Waals surface area contributed by atoms with Crippen molar-refractivity contribution in [1.82, 2.24) is 0 Å². The average molecular weight is 447 g/mol. The van der Waals surface area contributed by atoms with Gasteiger partial charge in [-0.15, -0.1) is 23.5 Å². The van der Waals surface area contributed by atoms with E-state index in [0.29, 0.717) is 0 Å². The van der Waals surface area contributed by atoms with Crippen LogP contribution in [0.2, 0.25) is 0 Å². The highest BCUT2D eigenvalue weighted by atomic mass is 32.2. The van der Waals surface area contributed by atoms with Crippen LogP contribution in [-0.4, -0.2) is 29.5 Å². The summed E-state index contributed by atoms with van der Waals surface area (Å²) in [4.78, 5) is 2.54. The zero-order valence-electron chi connectivity index (χ0n) is 17.8. The van der Waals surface area contributed by atoms with Gasteiger partial charge in [0, 0.05) is 21.3 Å². The third-order valence-electron chi connectivity index (χ3n) is 5.56. The molecule has 0 bridgehead atoms. The first kappa shape index (κ1) is 20.9. The molecule has 1 fully saturated rings. The standard InChI is InChI=1S/C27H26O2S2/c1-27(2)28-25(17-30-23-13-11-19-7-3-5-9-21(19)15-23)26(29-27)18-31-24-14-12-20-8-4-6-10-22(20)16-24/h3-16,25-26H,17-18H2,1-2H3/t25-,26-/m0/s1. The molecule has 2 atom stereocenters. The van der Waals surface area contributed by atoms with Gasteiger partial charge in [0.05, 0.1) is 12.2 Å². The third-order valence-corrected chi connectivity index (χ3v) is 7.72. The van der Waals surface area contributed by atoms with Crippen LogP contribution in [0.1, 0.15) is 13.8 Å². The van der Waals surface area contributed by atoms with E-state index in [1.807, 2.05) is 37.4 Å². The van der Waals surface area contributed by atoms with Gasteiger partial charge in [-0.05, 0) is 59.7 Å². The van der Waals surface area contributed by atoms with Crippen molar-refractivity contribution < 1.29 is 9.47 Å². The SMILES string of the molecule is CC1(C)O[C@@H](CSc2ccc3ccccc3c2)[C@H](CSc2ccc3ccccc3c2)O1. The highest BCUT2D eigenvalue weighted by molar-refractivity contribution is 7.99. The first-order chi connectivity index (χ1) is 15.1. The Bertz CT molecular complexity index is 1110. The molecule has 0 aliphatic carbocycles. The normalized spacial score (nSPS) is 20.5. The molecule has 1 saturated heterocycles. The first-order valence-electron chi connectivity index (χ1n) is 10.6. The fourth-order valence-corrected chi connectivity index (χ4v) is 6.09. The molecule has 0 N–H and O–H groups in total. The lowest BCUT2D eigenvalue weighted by Gasteiger charge is -2.16. The minimum Gasteiger partial charge on any atom is -0.344 e. The fourth-order valence-electron chi connectivity index (χ4n) is 4.06. The van der Waals surface area contributed by atoms with Gasteiger partial charge >= 0.3 is 0 Å². The molecule has 4 aromatic rings. The topological polar surface area (TPSA) is 18.5 Å². The molecule has 0 radical (unpaired) electrons. The van der Waals surface area contributed by atoms with Gasteiger partial charge in [0.25, 0.3) is 0 Å². The minimum atomic E-state index is -0.538. The van der Waals surface area contributed by atoms with Crippen molar-refractivity contribution in [3.05, 3.63) is 84.9 Å². The molecular weight excluding hydrogens is 420 g/mol. The molecule has 4 aromatic carbocycles. The fraction of sp³-hybridized carbons (Fsp3) is 0.259. The van der Waals surface area contributed by atoms with Crippen molar-refractivity contribution in [3.8, 4) is 0 Å². The molecule has 1 aliphatic heterocycles. The number of hydrogen-bond donors (Lipinski definition) is 0. The monoisotopic (exact) mass is 446 g/mol. The van der Waals surface area contributed by atoms with Crippen LogP contribution in [0.4, 0.5) is 0 Å². The van der Waals surface area contributed by atoms with Crippen molar-refractivity contribution in [2.45, 2.75) is 41.6 Å². The molecule has 1 heterocycles. The molecule has 4 heteroatoms. The lowest BCUT2D eigenvalue weighted by atomic mass is 10.1. The molecular formula is C27H26O2S2. The number of benzene rings is 4. The Morgan fingerprint density at radius 2 is 1.03 bits per heavy atom. The van der Waals surface area contributed by atoms with E-state index in [-0.39, 0.29) is 12.2 Å². The Balaban J connectivity index is 1.25. The lowest BCUT2D eigenvalue weighted by molar-refractivity contribution is -0.142. The van der Waals surface area contributed by atoms with E-state index in [9.17, 15) is 0 Å². The number of thioether (sulfide) groups is 2. The molecule has 5 rings (SSSR count). The molecule has 0 unspecified atom stereocenters. The molecule has 0 spiro atoms. The second-order valence-corrected chi connectivity index (χ2v) is 10.5. The molecule has 0 aromatic heterocycles. The lowest BCUT2D eigenvalue weighted by Crippen LogP contribution is -2.27. The van der Waals surface area contributed by atoms with Gasteiger partial charge < -0.3 is 9.47 Å². The van der Waals surface area contributed by atoms with E-state index in [4.69, 9.17) is 9.47 Å². The smallest absolute Gasteiger partial charge is 0.163 e. The van der Waals surface area contributed by atoms with E-state index in [0.717, 1.165) is 11.5 Å². The maximum absolute atomic E-state index is 6.27. The van der Waals surface area contributed by atoms with Crippen LogP contribution in [-0.2, 0) is 9.47 Å². The largest absolute Gasteiger partial charge is 0.344 e. The Hall–Kier alpha value is -1.98. The van der Waals surface area contributed by atoms with Crippen LogP contribution in [0.25, 0.3) is 21.5 Å².